The molecule has 4 heteroatoms. The Morgan fingerprint density at radius 1 is 1.12 bits per heavy atom. The van der Waals surface area contributed by atoms with E-state index in [4.69, 9.17) is 0 Å². The molecule has 2 heterocycles. The lowest BCUT2D eigenvalue weighted by Gasteiger charge is -2.40. The smallest absolute Gasteiger partial charge is 0.0352 e. The first-order chi connectivity index (χ1) is 7.72. The maximum Gasteiger partial charge on any atom is 0.0352 e. The zero-order valence-electron chi connectivity index (χ0n) is 10.8. The molecule has 2 unspecified atom stereocenters. The Hall–Kier alpha value is 0.230. The summed E-state index contributed by atoms with van der Waals surface area (Å²) in [6.07, 6.45) is 2.25. The highest BCUT2D eigenvalue weighted by molar-refractivity contribution is 7.99. The highest BCUT2D eigenvalue weighted by atomic mass is 32.2. The van der Waals surface area contributed by atoms with E-state index in [0.717, 1.165) is 11.3 Å². The Bertz CT molecular complexity index is 214. The first-order valence-electron chi connectivity index (χ1n) is 6.44. The van der Waals surface area contributed by atoms with Gasteiger partial charge in [0, 0.05) is 56.6 Å². The van der Waals surface area contributed by atoms with Crippen LogP contribution >= 0.6 is 11.8 Å². The van der Waals surface area contributed by atoms with Crippen molar-refractivity contribution < 1.29 is 0 Å². The van der Waals surface area contributed by atoms with E-state index in [1.165, 1.54) is 39.3 Å². The van der Waals surface area contributed by atoms with E-state index in [2.05, 4.69) is 35.2 Å². The van der Waals surface area contributed by atoms with E-state index in [1.807, 2.05) is 11.8 Å². The molecule has 0 radical (unpaired) electrons. The van der Waals surface area contributed by atoms with Crippen LogP contribution in [0.25, 0.3) is 0 Å². The third kappa shape index (κ3) is 2.73. The summed E-state index contributed by atoms with van der Waals surface area (Å²) in [5.74, 6) is 0. The Balaban J connectivity index is 1.84. The van der Waals surface area contributed by atoms with Crippen molar-refractivity contribution in [3.63, 3.8) is 0 Å². The zero-order valence-corrected chi connectivity index (χ0v) is 11.6. The van der Waals surface area contributed by atoms with Gasteiger partial charge in [-0.1, -0.05) is 0 Å². The maximum atomic E-state index is 3.53. The van der Waals surface area contributed by atoms with Crippen LogP contribution in [-0.4, -0.2) is 72.7 Å². The van der Waals surface area contributed by atoms with Gasteiger partial charge in [0.2, 0.25) is 0 Å². The highest BCUT2D eigenvalue weighted by Crippen LogP contribution is 2.21. The molecule has 2 aliphatic rings. The van der Waals surface area contributed by atoms with Crippen molar-refractivity contribution in [1.29, 1.82) is 0 Å². The molecule has 1 N–H and O–H groups in total. The number of nitrogens with zero attached hydrogens (tertiary/aromatic N) is 2. The van der Waals surface area contributed by atoms with Gasteiger partial charge in [-0.2, -0.15) is 11.8 Å². The molecule has 0 aromatic rings. The third-order valence-electron chi connectivity index (χ3n) is 3.98. The second kappa shape index (κ2) is 5.71. The van der Waals surface area contributed by atoms with Crippen LogP contribution in [0, 0.1) is 0 Å². The minimum absolute atomic E-state index is 0.709. The number of hydrogen-bond donors (Lipinski definition) is 1. The molecule has 2 rings (SSSR count). The first kappa shape index (κ1) is 12.7. The molecule has 0 aromatic carbocycles. The molecule has 2 aliphatic heterocycles. The molecule has 2 fully saturated rings. The van der Waals surface area contributed by atoms with E-state index < -0.39 is 0 Å². The van der Waals surface area contributed by atoms with Gasteiger partial charge in [0.25, 0.3) is 0 Å². The number of thioether (sulfide) groups is 1. The Morgan fingerprint density at radius 3 is 2.38 bits per heavy atom. The highest BCUT2D eigenvalue weighted by Gasteiger charge is 2.33. The fraction of sp³-hybridized carbons (Fsp3) is 1.00. The van der Waals surface area contributed by atoms with E-state index in [9.17, 15) is 0 Å². The molecular formula is C12H25N3S. The summed E-state index contributed by atoms with van der Waals surface area (Å²) in [6, 6.07) is 1.48. The van der Waals surface area contributed by atoms with Crippen molar-refractivity contribution in [3.8, 4) is 0 Å². The van der Waals surface area contributed by atoms with E-state index in [0.29, 0.717) is 6.04 Å². The molecule has 0 amide bonds. The van der Waals surface area contributed by atoms with Gasteiger partial charge in [-0.3, -0.25) is 9.80 Å². The van der Waals surface area contributed by atoms with Gasteiger partial charge >= 0.3 is 0 Å². The monoisotopic (exact) mass is 243 g/mol. The van der Waals surface area contributed by atoms with Crippen LogP contribution in [0.15, 0.2) is 0 Å². The SMILES string of the molecule is CSC1CNCC1N1CCN(C(C)C)CC1. The minimum Gasteiger partial charge on any atom is -0.314 e. The van der Waals surface area contributed by atoms with Crippen LogP contribution in [0.1, 0.15) is 13.8 Å². The lowest BCUT2D eigenvalue weighted by atomic mass is 10.1. The van der Waals surface area contributed by atoms with Crippen molar-refractivity contribution in [2.45, 2.75) is 31.2 Å². The first-order valence-corrected chi connectivity index (χ1v) is 7.72. The molecule has 2 atom stereocenters. The van der Waals surface area contributed by atoms with Crippen molar-refractivity contribution in [3.05, 3.63) is 0 Å². The lowest BCUT2D eigenvalue weighted by molar-refractivity contribution is 0.0851. The Kier molecular flexibility index (Phi) is 4.53. The van der Waals surface area contributed by atoms with Gasteiger partial charge in [-0.15, -0.1) is 0 Å². The average molecular weight is 243 g/mol. The van der Waals surface area contributed by atoms with E-state index in [-0.39, 0.29) is 0 Å². The van der Waals surface area contributed by atoms with Crippen LogP contribution in [0.5, 0.6) is 0 Å². The number of nitrogens with one attached hydrogen (secondary N) is 1. The summed E-state index contributed by atoms with van der Waals surface area (Å²) in [5.41, 5.74) is 0. The van der Waals surface area contributed by atoms with Crippen LogP contribution in [0.2, 0.25) is 0 Å². The van der Waals surface area contributed by atoms with Crippen molar-refractivity contribution >= 4 is 11.8 Å². The van der Waals surface area contributed by atoms with Gasteiger partial charge < -0.3 is 5.32 Å². The van der Waals surface area contributed by atoms with Gasteiger partial charge in [-0.05, 0) is 20.1 Å². The predicted octanol–water partition coefficient (Wildman–Crippen LogP) is 0.716. The van der Waals surface area contributed by atoms with Crippen molar-refractivity contribution in [1.82, 2.24) is 15.1 Å². The van der Waals surface area contributed by atoms with Crippen LogP contribution < -0.4 is 5.32 Å². The fourth-order valence-electron chi connectivity index (χ4n) is 2.83. The standard InChI is InChI=1S/C12H25N3S/c1-10(2)14-4-6-15(7-5-14)11-8-13-9-12(11)16-3/h10-13H,4-9H2,1-3H3. The van der Waals surface area contributed by atoms with Gasteiger partial charge in [0.1, 0.15) is 0 Å². The molecule has 0 saturated carbocycles. The molecule has 2 saturated heterocycles. The quantitative estimate of drug-likeness (QED) is 0.787. The zero-order chi connectivity index (χ0) is 11.5. The predicted molar refractivity (Wildman–Crippen MR) is 72.2 cm³/mol. The lowest BCUT2D eigenvalue weighted by Crippen LogP contribution is -2.54. The summed E-state index contributed by atoms with van der Waals surface area (Å²) in [4.78, 5) is 5.28. The fourth-order valence-corrected chi connectivity index (χ4v) is 3.70. The molecule has 0 bridgehead atoms. The normalized spacial score (nSPS) is 33.8. The van der Waals surface area contributed by atoms with Crippen LogP contribution in [0.3, 0.4) is 0 Å². The third-order valence-corrected chi connectivity index (χ3v) is 5.07. The molecule has 0 spiro atoms. The van der Waals surface area contributed by atoms with Gasteiger partial charge in [0.15, 0.2) is 0 Å². The Labute approximate surface area is 104 Å². The average Bonchev–Trinajstić information content (AvgIpc) is 2.77. The summed E-state index contributed by atoms with van der Waals surface area (Å²) in [7, 11) is 0. The molecule has 16 heavy (non-hydrogen) atoms. The second-order valence-corrected chi connectivity index (χ2v) is 6.24. The number of piperazine rings is 1. The van der Waals surface area contributed by atoms with Crippen LogP contribution in [0.4, 0.5) is 0 Å². The van der Waals surface area contributed by atoms with Crippen molar-refractivity contribution in [2.24, 2.45) is 0 Å². The van der Waals surface area contributed by atoms with Crippen molar-refractivity contribution in [2.75, 3.05) is 45.5 Å². The molecule has 94 valence electrons. The van der Waals surface area contributed by atoms with Gasteiger partial charge in [0.05, 0.1) is 0 Å². The van der Waals surface area contributed by atoms with E-state index >= 15 is 0 Å². The maximum absolute atomic E-state index is 3.53. The summed E-state index contributed by atoms with van der Waals surface area (Å²) >= 11 is 2.02. The van der Waals surface area contributed by atoms with Crippen LogP contribution in [-0.2, 0) is 0 Å². The minimum atomic E-state index is 0.709. The number of hydrogen-bond acceptors (Lipinski definition) is 4. The molecule has 3 nitrogen and oxygen atoms in total. The largest absolute Gasteiger partial charge is 0.314 e. The molecular weight excluding hydrogens is 218 g/mol. The summed E-state index contributed by atoms with van der Waals surface area (Å²) < 4.78 is 0. The molecule has 0 aromatic heterocycles. The molecule has 0 aliphatic carbocycles. The second-order valence-electron chi connectivity index (χ2n) is 5.17. The van der Waals surface area contributed by atoms with Gasteiger partial charge in [-0.25, -0.2) is 0 Å². The topological polar surface area (TPSA) is 18.5 Å². The summed E-state index contributed by atoms with van der Waals surface area (Å²) in [6.45, 7) is 12.0. The summed E-state index contributed by atoms with van der Waals surface area (Å²) in [5, 5.41) is 4.33. The van der Waals surface area contributed by atoms with E-state index in [1.54, 1.807) is 0 Å². The number of rotatable bonds is 3. The Morgan fingerprint density at radius 2 is 1.81 bits per heavy atom.